The smallest absolute Gasteiger partial charge is 0.172 e. The van der Waals surface area contributed by atoms with Gasteiger partial charge in [-0.3, -0.25) is 0 Å². The number of hydrogen-bond acceptors (Lipinski definition) is 3. The Hall–Kier alpha value is -1.05. The minimum absolute atomic E-state index is 0.410. The minimum Gasteiger partial charge on any atom is -0.377 e. The van der Waals surface area contributed by atoms with Crippen LogP contribution in [0.3, 0.4) is 0 Å². The molecule has 3 nitrogen and oxygen atoms in total. The molecule has 1 aromatic carbocycles. The quantitative estimate of drug-likeness (QED) is 0.747. The summed E-state index contributed by atoms with van der Waals surface area (Å²) in [6.45, 7) is 1.19. The van der Waals surface area contributed by atoms with E-state index in [9.17, 15) is 5.11 Å². The summed E-state index contributed by atoms with van der Waals surface area (Å²) in [4.78, 5) is 0. The van der Waals surface area contributed by atoms with Gasteiger partial charge in [0.2, 0.25) is 0 Å². The predicted octanol–water partition coefficient (Wildman–Crippen LogP) is 2.74. The SMILES string of the molecule is OC1(C#Cc2cccc(Cl)c2)CCCC2(C1)OCCO2. The Bertz CT molecular complexity index is 554. The fraction of sp³-hybridized carbons (Fsp3) is 0.500. The van der Waals surface area contributed by atoms with Crippen LogP contribution in [0.15, 0.2) is 24.3 Å². The van der Waals surface area contributed by atoms with Gasteiger partial charge in [-0.25, -0.2) is 0 Å². The third-order valence-corrected chi connectivity index (χ3v) is 4.02. The second kappa shape index (κ2) is 5.38. The van der Waals surface area contributed by atoms with E-state index in [4.69, 9.17) is 21.1 Å². The highest BCUT2D eigenvalue weighted by molar-refractivity contribution is 6.30. The lowest BCUT2D eigenvalue weighted by Crippen LogP contribution is -2.45. The first-order valence-corrected chi connectivity index (χ1v) is 7.26. The molecule has 1 saturated heterocycles. The standard InChI is InChI=1S/C16H17ClO3/c17-14-4-1-3-13(11-14)5-8-15(18)6-2-7-16(12-15)19-9-10-20-16/h1,3-4,11,18H,2,6-7,9-10,12H2. The molecule has 1 saturated carbocycles. The second-order valence-electron chi connectivity index (χ2n) is 5.43. The predicted molar refractivity (Wildman–Crippen MR) is 76.4 cm³/mol. The molecule has 0 aromatic heterocycles. The molecule has 2 fully saturated rings. The van der Waals surface area contributed by atoms with Gasteiger partial charge in [0.05, 0.1) is 13.2 Å². The largest absolute Gasteiger partial charge is 0.377 e. The Morgan fingerprint density at radius 1 is 1.20 bits per heavy atom. The van der Waals surface area contributed by atoms with E-state index in [1.165, 1.54) is 0 Å². The Morgan fingerprint density at radius 3 is 2.75 bits per heavy atom. The van der Waals surface area contributed by atoms with Crippen LogP contribution in [-0.4, -0.2) is 29.7 Å². The van der Waals surface area contributed by atoms with E-state index in [2.05, 4.69) is 11.8 Å². The van der Waals surface area contributed by atoms with Crippen molar-refractivity contribution in [3.8, 4) is 11.8 Å². The van der Waals surface area contributed by atoms with Crippen LogP contribution in [0.25, 0.3) is 0 Å². The molecule has 0 radical (unpaired) electrons. The Labute approximate surface area is 123 Å². The fourth-order valence-electron chi connectivity index (χ4n) is 2.88. The highest BCUT2D eigenvalue weighted by Crippen LogP contribution is 2.40. The van der Waals surface area contributed by atoms with Crippen molar-refractivity contribution in [1.82, 2.24) is 0 Å². The molecule has 4 heteroatoms. The lowest BCUT2D eigenvalue weighted by molar-refractivity contribution is -0.206. The second-order valence-corrected chi connectivity index (χ2v) is 5.87. The van der Waals surface area contributed by atoms with Crippen LogP contribution in [0.1, 0.15) is 31.2 Å². The normalized spacial score (nSPS) is 28.1. The van der Waals surface area contributed by atoms with Crippen molar-refractivity contribution in [1.29, 1.82) is 0 Å². The number of aliphatic hydroxyl groups is 1. The zero-order valence-electron chi connectivity index (χ0n) is 11.2. The summed E-state index contributed by atoms with van der Waals surface area (Å²) >= 11 is 5.93. The van der Waals surface area contributed by atoms with Crippen molar-refractivity contribution in [2.45, 2.75) is 37.1 Å². The van der Waals surface area contributed by atoms with Crippen LogP contribution >= 0.6 is 11.6 Å². The summed E-state index contributed by atoms with van der Waals surface area (Å²) in [7, 11) is 0. The van der Waals surface area contributed by atoms with Crippen molar-refractivity contribution in [2.24, 2.45) is 0 Å². The van der Waals surface area contributed by atoms with Gasteiger partial charge in [-0.15, -0.1) is 0 Å². The maximum Gasteiger partial charge on any atom is 0.172 e. The lowest BCUT2D eigenvalue weighted by atomic mass is 9.81. The Balaban J connectivity index is 1.79. The van der Waals surface area contributed by atoms with E-state index < -0.39 is 11.4 Å². The third-order valence-electron chi connectivity index (χ3n) is 3.79. The molecule has 3 rings (SSSR count). The van der Waals surface area contributed by atoms with Gasteiger partial charge in [0.15, 0.2) is 5.79 Å². The van der Waals surface area contributed by atoms with Gasteiger partial charge >= 0.3 is 0 Å². The van der Waals surface area contributed by atoms with Crippen molar-refractivity contribution >= 4 is 11.6 Å². The topological polar surface area (TPSA) is 38.7 Å². The fourth-order valence-corrected chi connectivity index (χ4v) is 3.07. The van der Waals surface area contributed by atoms with Crippen molar-refractivity contribution in [2.75, 3.05) is 13.2 Å². The maximum absolute atomic E-state index is 10.7. The van der Waals surface area contributed by atoms with Crippen LogP contribution in [0.2, 0.25) is 5.02 Å². The molecule has 1 aliphatic carbocycles. The van der Waals surface area contributed by atoms with Crippen LogP contribution in [-0.2, 0) is 9.47 Å². The summed E-state index contributed by atoms with van der Waals surface area (Å²) in [5.74, 6) is 5.36. The van der Waals surface area contributed by atoms with Gasteiger partial charge in [-0.1, -0.05) is 29.5 Å². The summed E-state index contributed by atoms with van der Waals surface area (Å²) in [6, 6.07) is 7.32. The first-order valence-electron chi connectivity index (χ1n) is 6.88. The molecule has 1 spiro atoms. The van der Waals surface area contributed by atoms with Crippen LogP contribution in [0.5, 0.6) is 0 Å². The molecule has 1 aliphatic heterocycles. The molecular formula is C16H17ClO3. The molecular weight excluding hydrogens is 276 g/mol. The van der Waals surface area contributed by atoms with Gasteiger partial charge in [-0.2, -0.15) is 0 Å². The highest BCUT2D eigenvalue weighted by Gasteiger charge is 2.47. The number of benzene rings is 1. The number of rotatable bonds is 0. The molecule has 1 atom stereocenters. The average Bonchev–Trinajstić information content (AvgIpc) is 2.84. The van der Waals surface area contributed by atoms with Crippen LogP contribution < -0.4 is 0 Å². The van der Waals surface area contributed by atoms with Crippen molar-refractivity contribution in [3.05, 3.63) is 34.9 Å². The van der Waals surface area contributed by atoms with Gasteiger partial charge in [0, 0.05) is 23.4 Å². The number of ether oxygens (including phenoxy) is 2. The van der Waals surface area contributed by atoms with Gasteiger partial charge in [0.25, 0.3) is 0 Å². The Kier molecular flexibility index (Phi) is 3.74. The van der Waals surface area contributed by atoms with E-state index in [1.807, 2.05) is 12.1 Å². The Morgan fingerprint density at radius 2 is 2.00 bits per heavy atom. The van der Waals surface area contributed by atoms with Gasteiger partial charge < -0.3 is 14.6 Å². The molecule has 0 amide bonds. The average molecular weight is 293 g/mol. The molecule has 1 aromatic rings. The highest BCUT2D eigenvalue weighted by atomic mass is 35.5. The van der Waals surface area contributed by atoms with E-state index in [1.54, 1.807) is 12.1 Å². The third kappa shape index (κ3) is 2.99. The van der Waals surface area contributed by atoms with E-state index >= 15 is 0 Å². The summed E-state index contributed by atoms with van der Waals surface area (Å²) in [6.07, 6.45) is 2.73. The molecule has 106 valence electrons. The maximum atomic E-state index is 10.7. The van der Waals surface area contributed by atoms with E-state index in [0.717, 1.165) is 18.4 Å². The first kappa shape index (κ1) is 13.9. The molecule has 20 heavy (non-hydrogen) atoms. The molecule has 1 heterocycles. The van der Waals surface area contributed by atoms with Crippen LogP contribution in [0.4, 0.5) is 0 Å². The van der Waals surface area contributed by atoms with Gasteiger partial charge in [-0.05, 0) is 31.0 Å². The first-order chi connectivity index (χ1) is 9.59. The van der Waals surface area contributed by atoms with Crippen molar-refractivity contribution < 1.29 is 14.6 Å². The monoisotopic (exact) mass is 292 g/mol. The number of halogens is 1. The molecule has 1 N–H and O–H groups in total. The van der Waals surface area contributed by atoms with Gasteiger partial charge in [0.1, 0.15) is 5.60 Å². The molecule has 2 aliphatic rings. The summed E-state index contributed by atoms with van der Waals surface area (Å²) in [5.41, 5.74) is -0.246. The molecule has 0 bridgehead atoms. The van der Waals surface area contributed by atoms with Crippen molar-refractivity contribution in [3.63, 3.8) is 0 Å². The lowest BCUT2D eigenvalue weighted by Gasteiger charge is -2.38. The van der Waals surface area contributed by atoms with E-state index in [0.29, 0.717) is 31.1 Å². The van der Waals surface area contributed by atoms with Crippen LogP contribution in [0, 0.1) is 11.8 Å². The van der Waals surface area contributed by atoms with E-state index in [-0.39, 0.29) is 0 Å². The number of hydrogen-bond donors (Lipinski definition) is 1. The minimum atomic E-state index is -1.05. The zero-order valence-corrected chi connectivity index (χ0v) is 11.9. The summed E-state index contributed by atoms with van der Waals surface area (Å²) < 4.78 is 11.4. The zero-order chi connectivity index (χ0) is 14.1. The molecule has 1 unspecified atom stereocenters. The summed E-state index contributed by atoms with van der Waals surface area (Å²) in [5, 5.41) is 11.3.